The fourth-order valence-corrected chi connectivity index (χ4v) is 3.05. The zero-order valence-electron chi connectivity index (χ0n) is 12.7. The highest BCUT2D eigenvalue weighted by Gasteiger charge is 2.18. The molecule has 1 amide bonds. The minimum Gasteiger partial charge on any atom is -0.383 e. The van der Waals surface area contributed by atoms with Crippen molar-refractivity contribution < 1.29 is 9.53 Å². The van der Waals surface area contributed by atoms with Crippen LogP contribution in [0.5, 0.6) is 0 Å². The van der Waals surface area contributed by atoms with Crippen LogP contribution in [0, 0.1) is 0 Å². The number of imidazole rings is 1. The number of hydrogen-bond acceptors (Lipinski definition) is 3. The van der Waals surface area contributed by atoms with E-state index in [1.807, 2.05) is 6.07 Å². The largest absolute Gasteiger partial charge is 0.383 e. The summed E-state index contributed by atoms with van der Waals surface area (Å²) in [4.78, 5) is 27.0. The van der Waals surface area contributed by atoms with Crippen molar-refractivity contribution in [1.29, 1.82) is 0 Å². The van der Waals surface area contributed by atoms with Crippen LogP contribution in [0.15, 0.2) is 23.0 Å². The second kappa shape index (κ2) is 6.36. The first kappa shape index (κ1) is 14.8. The predicted molar refractivity (Wildman–Crippen MR) is 84.2 cm³/mol. The summed E-state index contributed by atoms with van der Waals surface area (Å²) in [6.07, 6.45) is 4.47. The lowest BCUT2D eigenvalue weighted by Crippen LogP contribution is -2.32. The van der Waals surface area contributed by atoms with Gasteiger partial charge in [-0.3, -0.25) is 9.36 Å². The molecule has 6 nitrogen and oxygen atoms in total. The Hall–Kier alpha value is -2.08. The number of nitrogens with zero attached hydrogens (tertiary/aromatic N) is 1. The second-order valence-electron chi connectivity index (χ2n) is 5.76. The maximum absolute atomic E-state index is 12.3. The van der Waals surface area contributed by atoms with Crippen molar-refractivity contribution in [2.24, 2.45) is 0 Å². The number of carbonyl (C=O) groups excluding carboxylic acids is 1. The van der Waals surface area contributed by atoms with Crippen molar-refractivity contribution in [3.63, 3.8) is 0 Å². The van der Waals surface area contributed by atoms with Crippen LogP contribution in [-0.2, 0) is 11.3 Å². The lowest BCUT2D eigenvalue weighted by Gasteiger charge is -2.11. The molecule has 1 aliphatic rings. The first-order valence-corrected chi connectivity index (χ1v) is 7.71. The average molecular weight is 303 g/mol. The highest BCUT2D eigenvalue weighted by molar-refractivity contribution is 5.97. The smallest absolute Gasteiger partial charge is 0.326 e. The molecule has 0 atom stereocenters. The quantitative estimate of drug-likeness (QED) is 0.882. The summed E-state index contributed by atoms with van der Waals surface area (Å²) >= 11 is 0. The van der Waals surface area contributed by atoms with Crippen LogP contribution in [0.4, 0.5) is 0 Å². The van der Waals surface area contributed by atoms with Gasteiger partial charge in [0.2, 0.25) is 0 Å². The van der Waals surface area contributed by atoms with Gasteiger partial charge in [0, 0.05) is 18.7 Å². The molecule has 0 saturated heterocycles. The number of methoxy groups -OCH3 is 1. The monoisotopic (exact) mass is 303 g/mol. The van der Waals surface area contributed by atoms with Gasteiger partial charge in [0.15, 0.2) is 0 Å². The summed E-state index contributed by atoms with van der Waals surface area (Å²) in [7, 11) is 1.60. The van der Waals surface area contributed by atoms with Gasteiger partial charge in [-0.15, -0.1) is 0 Å². The van der Waals surface area contributed by atoms with Crippen molar-refractivity contribution in [3.8, 4) is 0 Å². The molecule has 0 aliphatic heterocycles. The zero-order chi connectivity index (χ0) is 15.5. The first-order chi connectivity index (χ1) is 10.7. The molecule has 2 N–H and O–H groups in total. The number of rotatable bonds is 5. The molecule has 1 fully saturated rings. The number of carbonyl (C=O) groups is 1. The van der Waals surface area contributed by atoms with E-state index in [2.05, 4.69) is 10.3 Å². The molecule has 22 heavy (non-hydrogen) atoms. The number of hydrogen-bond donors (Lipinski definition) is 2. The third-order valence-electron chi connectivity index (χ3n) is 4.25. The van der Waals surface area contributed by atoms with Crippen LogP contribution < -0.4 is 11.0 Å². The van der Waals surface area contributed by atoms with Crippen LogP contribution in [-0.4, -0.2) is 35.2 Å². The van der Waals surface area contributed by atoms with Gasteiger partial charge in [0.05, 0.1) is 24.2 Å². The molecule has 0 bridgehead atoms. The third kappa shape index (κ3) is 2.92. The molecule has 0 radical (unpaired) electrons. The van der Waals surface area contributed by atoms with Crippen LogP contribution in [0.1, 0.15) is 36.0 Å². The summed E-state index contributed by atoms with van der Waals surface area (Å²) in [6.45, 7) is 0.958. The Labute approximate surface area is 128 Å². The maximum atomic E-state index is 12.3. The molecular formula is C16H21N3O3. The van der Waals surface area contributed by atoms with Gasteiger partial charge < -0.3 is 15.0 Å². The Morgan fingerprint density at radius 1 is 1.41 bits per heavy atom. The molecule has 3 rings (SSSR count). The van der Waals surface area contributed by atoms with Crippen molar-refractivity contribution >= 4 is 16.9 Å². The van der Waals surface area contributed by atoms with Crippen LogP contribution in [0.2, 0.25) is 0 Å². The fourth-order valence-electron chi connectivity index (χ4n) is 3.05. The molecule has 0 unspecified atom stereocenters. The fraction of sp³-hybridized carbons (Fsp3) is 0.500. The number of nitrogens with one attached hydrogen (secondary N) is 2. The Kier molecular flexibility index (Phi) is 4.29. The summed E-state index contributed by atoms with van der Waals surface area (Å²) < 4.78 is 6.64. The molecule has 6 heteroatoms. The number of fused-ring (bicyclic) bond motifs is 1. The lowest BCUT2D eigenvalue weighted by molar-refractivity contribution is 0.0938. The minimum atomic E-state index is -0.180. The van der Waals surface area contributed by atoms with E-state index in [1.54, 1.807) is 23.8 Å². The Bertz CT molecular complexity index is 726. The van der Waals surface area contributed by atoms with E-state index in [0.29, 0.717) is 24.2 Å². The highest BCUT2D eigenvalue weighted by Crippen LogP contribution is 2.19. The second-order valence-corrected chi connectivity index (χ2v) is 5.76. The van der Waals surface area contributed by atoms with Gasteiger partial charge >= 0.3 is 5.69 Å². The number of H-pyrrole nitrogens is 1. The zero-order valence-corrected chi connectivity index (χ0v) is 12.7. The Balaban J connectivity index is 1.83. The summed E-state index contributed by atoms with van der Waals surface area (Å²) in [5, 5.41) is 3.06. The minimum absolute atomic E-state index is 0.0701. The van der Waals surface area contributed by atoms with Gasteiger partial charge in [-0.1, -0.05) is 12.8 Å². The maximum Gasteiger partial charge on any atom is 0.326 e. The predicted octanol–water partition coefficient (Wildman–Crippen LogP) is 1.65. The molecule has 1 aliphatic carbocycles. The number of ether oxygens (including phenoxy) is 1. The highest BCUT2D eigenvalue weighted by atomic mass is 16.5. The topological polar surface area (TPSA) is 76.1 Å². The van der Waals surface area contributed by atoms with E-state index in [0.717, 1.165) is 18.4 Å². The lowest BCUT2D eigenvalue weighted by atomic mass is 10.1. The molecule has 1 heterocycles. The third-order valence-corrected chi connectivity index (χ3v) is 4.25. The summed E-state index contributed by atoms with van der Waals surface area (Å²) in [6, 6.07) is 5.61. The van der Waals surface area contributed by atoms with Crippen LogP contribution >= 0.6 is 0 Å². The van der Waals surface area contributed by atoms with Crippen LogP contribution in [0.25, 0.3) is 11.0 Å². The van der Waals surface area contributed by atoms with Crippen LogP contribution in [0.3, 0.4) is 0 Å². The molecule has 118 valence electrons. The van der Waals surface area contributed by atoms with Gasteiger partial charge in [0.1, 0.15) is 0 Å². The first-order valence-electron chi connectivity index (χ1n) is 7.71. The van der Waals surface area contributed by atoms with Crippen molar-refractivity contribution in [1.82, 2.24) is 14.9 Å². The normalized spacial score (nSPS) is 15.5. The number of aromatic nitrogens is 2. The van der Waals surface area contributed by atoms with E-state index < -0.39 is 0 Å². The van der Waals surface area contributed by atoms with Gasteiger partial charge in [-0.05, 0) is 31.0 Å². The SMILES string of the molecule is COCCn1c(=O)[nH]c2cc(C(=O)NC3CCCC3)ccc21. The molecule has 0 spiro atoms. The number of benzene rings is 1. The van der Waals surface area contributed by atoms with E-state index in [1.165, 1.54) is 12.8 Å². The molecule has 1 aromatic heterocycles. The molecule has 1 saturated carbocycles. The van der Waals surface area contributed by atoms with E-state index >= 15 is 0 Å². The van der Waals surface area contributed by atoms with Gasteiger partial charge in [-0.25, -0.2) is 4.79 Å². The number of amides is 1. The van der Waals surface area contributed by atoms with Crippen molar-refractivity contribution in [2.45, 2.75) is 38.3 Å². The van der Waals surface area contributed by atoms with Gasteiger partial charge in [0.25, 0.3) is 5.91 Å². The molecular weight excluding hydrogens is 282 g/mol. The summed E-state index contributed by atoms with van der Waals surface area (Å²) in [5.74, 6) is -0.0701. The van der Waals surface area contributed by atoms with E-state index in [9.17, 15) is 9.59 Å². The van der Waals surface area contributed by atoms with Crippen molar-refractivity contribution in [2.75, 3.05) is 13.7 Å². The standard InChI is InChI=1S/C16H21N3O3/c1-22-9-8-19-14-7-6-11(10-13(14)18-16(19)21)15(20)17-12-4-2-3-5-12/h6-7,10,12H,2-5,8-9H2,1H3,(H,17,20)(H,18,21). The Morgan fingerprint density at radius 3 is 2.91 bits per heavy atom. The number of aromatic amines is 1. The Morgan fingerprint density at radius 2 is 2.18 bits per heavy atom. The molecule has 1 aromatic carbocycles. The van der Waals surface area contributed by atoms with Gasteiger partial charge in [-0.2, -0.15) is 0 Å². The van der Waals surface area contributed by atoms with E-state index in [4.69, 9.17) is 4.74 Å². The summed E-state index contributed by atoms with van der Waals surface area (Å²) in [5.41, 5.74) is 1.87. The van der Waals surface area contributed by atoms with Crippen molar-refractivity contribution in [3.05, 3.63) is 34.2 Å². The average Bonchev–Trinajstić information content (AvgIpc) is 3.11. The molecule has 2 aromatic rings. The van der Waals surface area contributed by atoms with E-state index in [-0.39, 0.29) is 17.6 Å².